The molecule has 2 aliphatic heterocycles. The van der Waals surface area contributed by atoms with Gasteiger partial charge in [0.1, 0.15) is 18.0 Å². The number of nitrogens with two attached hydrogens (primary N) is 1. The molecule has 1 aromatic rings. The smallest absolute Gasteiger partial charge is 0.165 e. The Morgan fingerprint density at radius 1 is 1.00 bits per heavy atom. The third-order valence-corrected chi connectivity index (χ3v) is 5.93. The van der Waals surface area contributed by atoms with E-state index in [0.717, 1.165) is 42.6 Å². The molecule has 0 saturated heterocycles. The SMILES string of the molecule is CC1Cc2c(c(O)c3c(c2C2(CN)CCCCC2)OC(C)C3)O1. The molecule has 1 aromatic carbocycles. The van der Waals surface area contributed by atoms with Crippen molar-refractivity contribution in [2.75, 3.05) is 6.54 Å². The summed E-state index contributed by atoms with van der Waals surface area (Å²) in [5, 5.41) is 10.7. The number of hydrogen-bond donors (Lipinski definition) is 2. The number of ether oxygens (including phenoxy) is 2. The molecule has 1 aliphatic carbocycles. The minimum atomic E-state index is -0.0163. The van der Waals surface area contributed by atoms with Gasteiger partial charge in [-0.3, -0.25) is 0 Å². The molecule has 0 bridgehead atoms. The van der Waals surface area contributed by atoms with Gasteiger partial charge in [-0.1, -0.05) is 19.3 Å². The predicted octanol–water partition coefficient (Wildman–Crippen LogP) is 3.20. The molecule has 3 N–H and O–H groups in total. The van der Waals surface area contributed by atoms with Crippen molar-refractivity contribution in [2.45, 2.75) is 76.4 Å². The summed E-state index contributed by atoms with van der Waals surface area (Å²) in [7, 11) is 0. The quantitative estimate of drug-likeness (QED) is 0.879. The summed E-state index contributed by atoms with van der Waals surface area (Å²) in [4.78, 5) is 0. The Morgan fingerprint density at radius 2 is 1.61 bits per heavy atom. The zero-order valence-corrected chi connectivity index (χ0v) is 14.2. The zero-order chi connectivity index (χ0) is 16.2. The molecule has 0 aromatic heterocycles. The summed E-state index contributed by atoms with van der Waals surface area (Å²) >= 11 is 0. The van der Waals surface area contributed by atoms with Gasteiger partial charge in [-0.2, -0.15) is 0 Å². The second kappa shape index (κ2) is 5.30. The number of fused-ring (bicyclic) bond motifs is 2. The third kappa shape index (κ3) is 2.14. The highest BCUT2D eigenvalue weighted by Gasteiger charge is 2.44. The highest BCUT2D eigenvalue weighted by molar-refractivity contribution is 5.67. The van der Waals surface area contributed by atoms with E-state index in [-0.39, 0.29) is 17.6 Å². The van der Waals surface area contributed by atoms with E-state index in [1.165, 1.54) is 24.8 Å². The minimum absolute atomic E-state index is 0.0163. The van der Waals surface area contributed by atoms with Gasteiger partial charge in [0.2, 0.25) is 0 Å². The van der Waals surface area contributed by atoms with Crippen molar-refractivity contribution in [2.24, 2.45) is 5.73 Å². The summed E-state index contributed by atoms with van der Waals surface area (Å²) in [5.41, 5.74) is 9.63. The number of phenols is 1. The monoisotopic (exact) mass is 317 g/mol. The first-order valence-electron chi connectivity index (χ1n) is 9.00. The fourth-order valence-electron chi connectivity index (χ4n) is 4.84. The number of hydrogen-bond acceptors (Lipinski definition) is 4. The van der Waals surface area contributed by atoms with Crippen LogP contribution in [0.2, 0.25) is 0 Å². The van der Waals surface area contributed by atoms with Crippen LogP contribution in [0.15, 0.2) is 0 Å². The lowest BCUT2D eigenvalue weighted by Gasteiger charge is -2.39. The van der Waals surface area contributed by atoms with Crippen LogP contribution in [0.5, 0.6) is 17.2 Å². The summed E-state index contributed by atoms with van der Waals surface area (Å²) in [5.74, 6) is 1.91. The average Bonchev–Trinajstić information content (AvgIpc) is 3.11. The van der Waals surface area contributed by atoms with Crippen molar-refractivity contribution >= 4 is 0 Å². The first-order chi connectivity index (χ1) is 11.1. The van der Waals surface area contributed by atoms with Gasteiger partial charge in [0.15, 0.2) is 11.5 Å². The fraction of sp³-hybridized carbons (Fsp3) is 0.684. The Bertz CT molecular complexity index is 595. The van der Waals surface area contributed by atoms with E-state index in [9.17, 15) is 5.11 Å². The largest absolute Gasteiger partial charge is 0.504 e. The topological polar surface area (TPSA) is 64.7 Å². The lowest BCUT2D eigenvalue weighted by atomic mass is 9.67. The summed E-state index contributed by atoms with van der Waals surface area (Å²) in [6, 6.07) is 0. The number of aromatic hydroxyl groups is 1. The standard InChI is InChI=1S/C19H27NO3/c1-11-8-13-15(19(10-20)6-4-3-5-7-19)17-14(9-12(2)22-17)16(21)18(13)23-11/h11-12,21H,3-10,20H2,1-2H3. The van der Waals surface area contributed by atoms with Crippen LogP contribution in [0.3, 0.4) is 0 Å². The average molecular weight is 317 g/mol. The molecule has 2 atom stereocenters. The molecule has 0 radical (unpaired) electrons. The first-order valence-corrected chi connectivity index (χ1v) is 9.00. The van der Waals surface area contributed by atoms with Crippen molar-refractivity contribution in [3.8, 4) is 17.2 Å². The van der Waals surface area contributed by atoms with Crippen LogP contribution in [0.1, 0.15) is 62.6 Å². The summed E-state index contributed by atoms with van der Waals surface area (Å²) < 4.78 is 12.2. The van der Waals surface area contributed by atoms with Crippen LogP contribution in [0.25, 0.3) is 0 Å². The maximum atomic E-state index is 10.7. The zero-order valence-electron chi connectivity index (χ0n) is 14.2. The van der Waals surface area contributed by atoms with Crippen molar-refractivity contribution in [3.05, 3.63) is 16.7 Å². The molecule has 1 saturated carbocycles. The van der Waals surface area contributed by atoms with Crippen LogP contribution in [0, 0.1) is 0 Å². The van der Waals surface area contributed by atoms with E-state index in [1.807, 2.05) is 0 Å². The van der Waals surface area contributed by atoms with Crippen LogP contribution in [-0.2, 0) is 18.3 Å². The van der Waals surface area contributed by atoms with Gasteiger partial charge in [0.05, 0.1) is 0 Å². The third-order valence-electron chi connectivity index (χ3n) is 5.93. The minimum Gasteiger partial charge on any atom is -0.504 e. The van der Waals surface area contributed by atoms with Gasteiger partial charge in [0, 0.05) is 41.5 Å². The van der Waals surface area contributed by atoms with Crippen LogP contribution >= 0.6 is 0 Å². The summed E-state index contributed by atoms with van der Waals surface area (Å²) in [6.07, 6.45) is 7.74. The van der Waals surface area contributed by atoms with Gasteiger partial charge < -0.3 is 20.3 Å². The molecule has 1 fully saturated rings. The van der Waals surface area contributed by atoms with Crippen LogP contribution in [-0.4, -0.2) is 23.9 Å². The molecule has 3 aliphatic rings. The van der Waals surface area contributed by atoms with Gasteiger partial charge >= 0.3 is 0 Å². The lowest BCUT2D eigenvalue weighted by molar-refractivity contribution is 0.236. The molecule has 4 rings (SSSR count). The van der Waals surface area contributed by atoms with Gasteiger partial charge in [-0.25, -0.2) is 0 Å². The molecular weight excluding hydrogens is 290 g/mol. The van der Waals surface area contributed by atoms with E-state index in [4.69, 9.17) is 15.2 Å². The van der Waals surface area contributed by atoms with Gasteiger partial charge in [0.25, 0.3) is 0 Å². The molecule has 4 nitrogen and oxygen atoms in total. The molecule has 0 spiro atoms. The maximum Gasteiger partial charge on any atom is 0.165 e. The number of phenolic OH excluding ortho intramolecular Hbond substituents is 1. The van der Waals surface area contributed by atoms with Crippen molar-refractivity contribution < 1.29 is 14.6 Å². The molecular formula is C19H27NO3. The van der Waals surface area contributed by atoms with E-state index < -0.39 is 0 Å². The summed E-state index contributed by atoms with van der Waals surface area (Å²) in [6.45, 7) is 4.77. The van der Waals surface area contributed by atoms with Gasteiger partial charge in [-0.15, -0.1) is 0 Å². The predicted molar refractivity (Wildman–Crippen MR) is 89.5 cm³/mol. The van der Waals surface area contributed by atoms with Crippen LogP contribution < -0.4 is 15.2 Å². The lowest BCUT2D eigenvalue weighted by Crippen LogP contribution is -2.38. The van der Waals surface area contributed by atoms with Crippen molar-refractivity contribution in [1.29, 1.82) is 0 Å². The van der Waals surface area contributed by atoms with Crippen LogP contribution in [0.4, 0.5) is 0 Å². The number of benzene rings is 1. The molecule has 2 heterocycles. The molecule has 0 amide bonds. The highest BCUT2D eigenvalue weighted by Crippen LogP contribution is 2.56. The van der Waals surface area contributed by atoms with E-state index >= 15 is 0 Å². The molecule has 23 heavy (non-hydrogen) atoms. The van der Waals surface area contributed by atoms with E-state index in [2.05, 4.69) is 13.8 Å². The number of rotatable bonds is 2. The Hall–Kier alpha value is -1.42. The Morgan fingerprint density at radius 3 is 2.26 bits per heavy atom. The van der Waals surface area contributed by atoms with Gasteiger partial charge in [-0.05, 0) is 26.7 Å². The maximum absolute atomic E-state index is 10.7. The second-order valence-corrected chi connectivity index (χ2v) is 7.65. The fourth-order valence-corrected chi connectivity index (χ4v) is 4.84. The Kier molecular flexibility index (Phi) is 3.49. The van der Waals surface area contributed by atoms with Crippen molar-refractivity contribution in [3.63, 3.8) is 0 Å². The second-order valence-electron chi connectivity index (χ2n) is 7.65. The molecule has 126 valence electrons. The normalized spacial score (nSPS) is 28.0. The molecule has 4 heteroatoms. The first kappa shape index (κ1) is 15.1. The van der Waals surface area contributed by atoms with Crippen molar-refractivity contribution in [1.82, 2.24) is 0 Å². The highest BCUT2D eigenvalue weighted by atomic mass is 16.5. The Labute approximate surface area is 138 Å². The van der Waals surface area contributed by atoms with E-state index in [1.54, 1.807) is 0 Å². The van der Waals surface area contributed by atoms with E-state index in [0.29, 0.717) is 18.0 Å². The Balaban J connectivity index is 1.96. The molecule has 2 unspecified atom stereocenters.